The average Bonchev–Trinajstić information content (AvgIpc) is 2.71. The highest BCUT2D eigenvalue weighted by atomic mass is 16.5. The van der Waals surface area contributed by atoms with E-state index in [0.717, 1.165) is 49.7 Å². The Balaban J connectivity index is 2.59. The van der Waals surface area contributed by atoms with Crippen molar-refractivity contribution in [1.82, 2.24) is 5.32 Å². The Kier molecular flexibility index (Phi) is 13.1. The molecule has 158 valence electrons. The Morgan fingerprint density at radius 1 is 0.893 bits per heavy atom. The normalized spacial score (nSPS) is 11.8. The van der Waals surface area contributed by atoms with Crippen molar-refractivity contribution in [3.05, 3.63) is 35.4 Å². The molecular weight excluding hydrogens is 350 g/mol. The third kappa shape index (κ3) is 10.5. The van der Waals surface area contributed by atoms with Crippen molar-refractivity contribution < 1.29 is 14.3 Å². The predicted octanol–water partition coefficient (Wildman–Crippen LogP) is 6.24. The number of unbranched alkanes of at least 4 members (excludes halogenated alkanes) is 6. The molecule has 1 N–H and O–H groups in total. The van der Waals surface area contributed by atoms with Crippen LogP contribution < -0.4 is 5.32 Å². The fraction of sp³-hybridized carbons (Fsp3) is 0.667. The predicted molar refractivity (Wildman–Crippen MR) is 115 cm³/mol. The molecule has 1 unspecified atom stereocenters. The zero-order valence-corrected chi connectivity index (χ0v) is 18.1. The molecular formula is C24H39NO3. The van der Waals surface area contributed by atoms with Gasteiger partial charge in [0, 0.05) is 19.4 Å². The molecule has 1 aromatic carbocycles. The monoisotopic (exact) mass is 389 g/mol. The van der Waals surface area contributed by atoms with Crippen LogP contribution in [0.1, 0.15) is 109 Å². The van der Waals surface area contributed by atoms with E-state index in [1.165, 1.54) is 19.3 Å². The third-order valence-corrected chi connectivity index (χ3v) is 4.99. The quantitative estimate of drug-likeness (QED) is 0.285. The van der Waals surface area contributed by atoms with Crippen LogP contribution in [0.5, 0.6) is 0 Å². The van der Waals surface area contributed by atoms with Gasteiger partial charge in [0.2, 0.25) is 5.91 Å². The minimum absolute atomic E-state index is 0.0504. The van der Waals surface area contributed by atoms with Crippen LogP contribution in [0.25, 0.3) is 0 Å². The molecule has 0 heterocycles. The van der Waals surface area contributed by atoms with E-state index in [-0.39, 0.29) is 18.0 Å². The highest BCUT2D eigenvalue weighted by Crippen LogP contribution is 2.25. The molecule has 0 spiro atoms. The number of benzene rings is 1. The lowest BCUT2D eigenvalue weighted by atomic mass is 10.0. The molecule has 1 rings (SSSR count). The van der Waals surface area contributed by atoms with Crippen molar-refractivity contribution in [3.63, 3.8) is 0 Å². The molecule has 0 bridgehead atoms. The first-order valence-electron chi connectivity index (χ1n) is 11.2. The molecule has 4 nitrogen and oxygen atoms in total. The van der Waals surface area contributed by atoms with Crippen molar-refractivity contribution in [2.24, 2.45) is 0 Å². The topological polar surface area (TPSA) is 55.4 Å². The lowest BCUT2D eigenvalue weighted by Crippen LogP contribution is -2.21. The van der Waals surface area contributed by atoms with E-state index in [4.69, 9.17) is 4.74 Å². The first-order chi connectivity index (χ1) is 13.6. The molecule has 0 aliphatic heterocycles. The van der Waals surface area contributed by atoms with Crippen LogP contribution in [0.4, 0.5) is 0 Å². The number of rotatable bonds is 15. The Morgan fingerprint density at radius 3 is 2.18 bits per heavy atom. The zero-order chi connectivity index (χ0) is 20.6. The van der Waals surface area contributed by atoms with Gasteiger partial charge in [-0.1, -0.05) is 83.6 Å². The van der Waals surface area contributed by atoms with Crippen molar-refractivity contribution in [3.8, 4) is 0 Å². The van der Waals surface area contributed by atoms with Crippen LogP contribution in [-0.4, -0.2) is 11.9 Å². The first-order valence-corrected chi connectivity index (χ1v) is 11.2. The van der Waals surface area contributed by atoms with E-state index in [1.807, 2.05) is 31.2 Å². The van der Waals surface area contributed by atoms with Gasteiger partial charge < -0.3 is 10.1 Å². The van der Waals surface area contributed by atoms with Crippen LogP contribution in [0.15, 0.2) is 24.3 Å². The number of carbonyl (C=O) groups is 2. The molecule has 4 heteroatoms. The summed E-state index contributed by atoms with van der Waals surface area (Å²) >= 11 is 0. The lowest BCUT2D eigenvalue weighted by molar-refractivity contribution is -0.150. The summed E-state index contributed by atoms with van der Waals surface area (Å²) in [5, 5.41) is 2.88. The van der Waals surface area contributed by atoms with Crippen molar-refractivity contribution in [2.75, 3.05) is 0 Å². The molecule has 0 saturated carbocycles. The number of hydrogen-bond acceptors (Lipinski definition) is 3. The second-order valence-electron chi connectivity index (χ2n) is 7.51. The summed E-state index contributed by atoms with van der Waals surface area (Å²) in [5.74, 6) is -0.0355. The average molecular weight is 390 g/mol. The van der Waals surface area contributed by atoms with Gasteiger partial charge in [0.25, 0.3) is 0 Å². The summed E-state index contributed by atoms with van der Waals surface area (Å²) in [6, 6.07) is 8.07. The van der Waals surface area contributed by atoms with Crippen LogP contribution in [-0.2, 0) is 20.9 Å². The fourth-order valence-corrected chi connectivity index (χ4v) is 3.14. The maximum atomic E-state index is 12.3. The van der Waals surface area contributed by atoms with Gasteiger partial charge in [0.1, 0.15) is 6.10 Å². The number of amides is 1. The van der Waals surface area contributed by atoms with Gasteiger partial charge in [-0.3, -0.25) is 9.59 Å². The molecule has 0 saturated heterocycles. The van der Waals surface area contributed by atoms with Gasteiger partial charge in [0.05, 0.1) is 0 Å². The van der Waals surface area contributed by atoms with Crippen LogP contribution in [0, 0.1) is 0 Å². The lowest BCUT2D eigenvalue weighted by Gasteiger charge is -2.19. The fourth-order valence-electron chi connectivity index (χ4n) is 3.14. The summed E-state index contributed by atoms with van der Waals surface area (Å²) in [7, 11) is 0. The van der Waals surface area contributed by atoms with Gasteiger partial charge >= 0.3 is 5.97 Å². The molecule has 0 aliphatic rings. The van der Waals surface area contributed by atoms with E-state index in [9.17, 15) is 9.59 Å². The summed E-state index contributed by atoms with van der Waals surface area (Å²) in [4.78, 5) is 23.7. The standard InChI is InChI=1S/C24H39NO3/c1-4-7-9-10-12-14-24(27)28-22(13-11-8-5-2)21-17-15-20(16-18-21)19-25-23(26)6-3/h15-18,22H,4-14,19H2,1-3H3,(H,25,26). The number of esters is 1. The Hall–Kier alpha value is -1.84. The minimum atomic E-state index is -0.172. The number of nitrogens with one attached hydrogen (secondary N) is 1. The SMILES string of the molecule is CCCCCCCC(=O)OC(CCCCC)c1ccc(CNC(=O)CC)cc1. The van der Waals surface area contributed by atoms with E-state index in [2.05, 4.69) is 19.2 Å². The van der Waals surface area contributed by atoms with E-state index < -0.39 is 0 Å². The number of carbonyl (C=O) groups excluding carboxylic acids is 2. The Bertz CT molecular complexity index is 553. The van der Waals surface area contributed by atoms with E-state index in [1.54, 1.807) is 0 Å². The second-order valence-corrected chi connectivity index (χ2v) is 7.51. The van der Waals surface area contributed by atoms with E-state index in [0.29, 0.717) is 19.4 Å². The largest absolute Gasteiger partial charge is 0.457 e. The zero-order valence-electron chi connectivity index (χ0n) is 18.1. The molecule has 0 fully saturated rings. The van der Waals surface area contributed by atoms with Crippen LogP contribution in [0.2, 0.25) is 0 Å². The Labute approximate surface area is 171 Å². The maximum Gasteiger partial charge on any atom is 0.306 e. The summed E-state index contributed by atoms with van der Waals surface area (Å²) in [5.41, 5.74) is 2.10. The molecule has 1 amide bonds. The van der Waals surface area contributed by atoms with Gasteiger partial charge in [-0.2, -0.15) is 0 Å². The molecule has 0 aliphatic carbocycles. The summed E-state index contributed by atoms with van der Waals surface area (Å²) in [6.45, 7) is 6.75. The van der Waals surface area contributed by atoms with Gasteiger partial charge in [0.15, 0.2) is 0 Å². The summed E-state index contributed by atoms with van der Waals surface area (Å²) in [6.07, 6.45) is 10.7. The molecule has 1 aromatic rings. The van der Waals surface area contributed by atoms with Crippen LogP contribution >= 0.6 is 0 Å². The van der Waals surface area contributed by atoms with E-state index >= 15 is 0 Å². The van der Waals surface area contributed by atoms with Crippen molar-refractivity contribution in [2.45, 2.75) is 104 Å². The highest BCUT2D eigenvalue weighted by Gasteiger charge is 2.16. The second kappa shape index (κ2) is 15.1. The molecule has 0 aromatic heterocycles. The van der Waals surface area contributed by atoms with Gasteiger partial charge in [-0.05, 0) is 30.4 Å². The first kappa shape index (κ1) is 24.2. The summed E-state index contributed by atoms with van der Waals surface area (Å²) < 4.78 is 5.84. The number of hydrogen-bond donors (Lipinski definition) is 1. The molecule has 1 atom stereocenters. The Morgan fingerprint density at radius 2 is 1.54 bits per heavy atom. The van der Waals surface area contributed by atoms with Crippen molar-refractivity contribution >= 4 is 11.9 Å². The number of ether oxygens (including phenoxy) is 1. The molecule has 0 radical (unpaired) electrons. The van der Waals surface area contributed by atoms with Gasteiger partial charge in [-0.15, -0.1) is 0 Å². The maximum absolute atomic E-state index is 12.3. The highest BCUT2D eigenvalue weighted by molar-refractivity contribution is 5.75. The van der Waals surface area contributed by atoms with Crippen LogP contribution in [0.3, 0.4) is 0 Å². The third-order valence-electron chi connectivity index (χ3n) is 4.99. The smallest absolute Gasteiger partial charge is 0.306 e. The van der Waals surface area contributed by atoms with Crippen molar-refractivity contribution in [1.29, 1.82) is 0 Å². The molecule has 28 heavy (non-hydrogen) atoms. The minimum Gasteiger partial charge on any atom is -0.457 e. The van der Waals surface area contributed by atoms with Gasteiger partial charge in [-0.25, -0.2) is 0 Å².